The second-order valence-corrected chi connectivity index (χ2v) is 3.30. The second kappa shape index (κ2) is 3.91. The molecule has 0 aromatic carbocycles. The van der Waals surface area contributed by atoms with E-state index in [9.17, 15) is 9.90 Å². The third-order valence-corrected chi connectivity index (χ3v) is 2.35. The van der Waals surface area contributed by atoms with Crippen molar-refractivity contribution in [2.75, 3.05) is 5.33 Å². The summed E-state index contributed by atoms with van der Waals surface area (Å²) in [6.07, 6.45) is 2.82. The van der Waals surface area contributed by atoms with Gasteiger partial charge in [-0.15, -0.1) is 0 Å². The Labute approximate surface area is 78.6 Å². The third kappa shape index (κ3) is 1.98. The largest absolute Gasteiger partial charge is 0.390 e. The maximum absolute atomic E-state index is 11.2. The first kappa shape index (κ1) is 9.54. The first-order chi connectivity index (χ1) is 5.65. The van der Waals surface area contributed by atoms with Crippen LogP contribution in [0.25, 0.3) is 0 Å². The van der Waals surface area contributed by atoms with Crippen molar-refractivity contribution in [3.63, 3.8) is 0 Å². The van der Waals surface area contributed by atoms with Gasteiger partial charge in [0.15, 0.2) is 0 Å². The number of hydrogen-bond donors (Lipinski definition) is 1. The Morgan fingerprint density at radius 2 is 2.33 bits per heavy atom. The number of aliphatic hydroxyl groups is 1. The standard InChI is InChI=1S/C7H11BrN2O2/c1-9-2-3-10(7(9)12)5-6(11)4-8/h2-3,6,11H,4-5H2,1H3. The molecule has 1 aromatic rings. The smallest absolute Gasteiger partial charge is 0.327 e. The summed E-state index contributed by atoms with van der Waals surface area (Å²) in [6.45, 7) is 0.338. The highest BCUT2D eigenvalue weighted by Crippen LogP contribution is 1.93. The van der Waals surface area contributed by atoms with E-state index in [1.165, 1.54) is 9.13 Å². The van der Waals surface area contributed by atoms with Gasteiger partial charge in [-0.2, -0.15) is 0 Å². The van der Waals surface area contributed by atoms with E-state index in [1.54, 1.807) is 19.4 Å². The predicted molar refractivity (Wildman–Crippen MR) is 49.5 cm³/mol. The summed E-state index contributed by atoms with van der Waals surface area (Å²) < 4.78 is 2.95. The Kier molecular flexibility index (Phi) is 3.11. The molecule has 68 valence electrons. The fourth-order valence-electron chi connectivity index (χ4n) is 0.925. The quantitative estimate of drug-likeness (QED) is 0.746. The van der Waals surface area contributed by atoms with Crippen molar-refractivity contribution in [1.82, 2.24) is 9.13 Å². The average Bonchev–Trinajstić information content (AvgIpc) is 2.36. The summed E-state index contributed by atoms with van der Waals surface area (Å²) >= 11 is 3.13. The molecule has 0 aliphatic carbocycles. The molecule has 0 radical (unpaired) electrons. The Balaban J connectivity index is 2.76. The third-order valence-electron chi connectivity index (χ3n) is 1.60. The van der Waals surface area contributed by atoms with Crippen molar-refractivity contribution in [2.24, 2.45) is 7.05 Å². The van der Waals surface area contributed by atoms with Crippen LogP contribution in [0.15, 0.2) is 17.2 Å². The Morgan fingerprint density at radius 1 is 1.67 bits per heavy atom. The molecule has 1 rings (SSSR count). The number of hydrogen-bond acceptors (Lipinski definition) is 2. The summed E-state index contributed by atoms with van der Waals surface area (Å²) in [4.78, 5) is 11.2. The van der Waals surface area contributed by atoms with Crippen molar-refractivity contribution in [3.8, 4) is 0 Å². The number of halogens is 1. The molecule has 1 N–H and O–H groups in total. The van der Waals surface area contributed by atoms with Crippen LogP contribution >= 0.6 is 15.9 Å². The van der Waals surface area contributed by atoms with E-state index in [0.29, 0.717) is 11.9 Å². The SMILES string of the molecule is Cn1ccn(CC(O)CBr)c1=O. The predicted octanol–water partition coefficient (Wildman–Crippen LogP) is -0.0574. The van der Waals surface area contributed by atoms with Gasteiger partial charge in [-0.25, -0.2) is 4.79 Å². The highest BCUT2D eigenvalue weighted by molar-refractivity contribution is 9.09. The lowest BCUT2D eigenvalue weighted by atomic mass is 10.4. The Morgan fingerprint density at radius 3 is 2.75 bits per heavy atom. The fourth-order valence-corrected chi connectivity index (χ4v) is 1.13. The summed E-state index contributed by atoms with van der Waals surface area (Å²) in [5.74, 6) is 0. The molecule has 0 fully saturated rings. The number of imidazole rings is 1. The van der Waals surface area contributed by atoms with Crippen LogP contribution < -0.4 is 5.69 Å². The minimum atomic E-state index is -0.509. The van der Waals surface area contributed by atoms with E-state index in [1.807, 2.05) is 0 Å². The summed E-state index contributed by atoms with van der Waals surface area (Å²) in [7, 11) is 1.68. The zero-order valence-electron chi connectivity index (χ0n) is 6.77. The number of alkyl halides is 1. The molecule has 1 heterocycles. The minimum absolute atomic E-state index is 0.102. The van der Waals surface area contributed by atoms with Crippen LogP contribution in [0.1, 0.15) is 0 Å². The second-order valence-electron chi connectivity index (χ2n) is 2.65. The maximum atomic E-state index is 11.2. The van der Waals surface area contributed by atoms with Gasteiger partial charge in [-0.3, -0.25) is 4.57 Å². The molecule has 0 saturated heterocycles. The first-order valence-electron chi connectivity index (χ1n) is 3.61. The summed E-state index contributed by atoms with van der Waals surface area (Å²) in [6, 6.07) is 0. The van der Waals surface area contributed by atoms with Gasteiger partial charge in [0.05, 0.1) is 12.6 Å². The Bertz CT molecular complexity index is 305. The van der Waals surface area contributed by atoms with Crippen molar-refractivity contribution in [3.05, 3.63) is 22.9 Å². The molecular weight excluding hydrogens is 224 g/mol. The molecule has 0 aliphatic heterocycles. The van der Waals surface area contributed by atoms with Gasteiger partial charge in [0.2, 0.25) is 0 Å². The number of aryl methyl sites for hydroxylation is 1. The van der Waals surface area contributed by atoms with Crippen LogP contribution in [0, 0.1) is 0 Å². The van der Waals surface area contributed by atoms with E-state index in [-0.39, 0.29) is 5.69 Å². The van der Waals surface area contributed by atoms with E-state index < -0.39 is 6.10 Å². The highest BCUT2D eigenvalue weighted by Gasteiger charge is 2.05. The maximum Gasteiger partial charge on any atom is 0.327 e. The lowest BCUT2D eigenvalue weighted by Gasteiger charge is -2.05. The van der Waals surface area contributed by atoms with Gasteiger partial charge in [0.25, 0.3) is 0 Å². The average molecular weight is 235 g/mol. The van der Waals surface area contributed by atoms with E-state index in [2.05, 4.69) is 15.9 Å². The van der Waals surface area contributed by atoms with Crippen LogP contribution in [-0.4, -0.2) is 25.7 Å². The minimum Gasteiger partial charge on any atom is -0.390 e. The molecular formula is C7H11BrN2O2. The van der Waals surface area contributed by atoms with Gasteiger partial charge in [-0.05, 0) is 0 Å². The lowest BCUT2D eigenvalue weighted by Crippen LogP contribution is -2.27. The van der Waals surface area contributed by atoms with Crippen molar-refractivity contribution in [2.45, 2.75) is 12.6 Å². The molecule has 0 spiro atoms. The highest BCUT2D eigenvalue weighted by atomic mass is 79.9. The molecule has 1 aromatic heterocycles. The molecule has 1 unspecified atom stereocenters. The van der Waals surface area contributed by atoms with E-state index in [0.717, 1.165) is 0 Å². The molecule has 0 bridgehead atoms. The number of aliphatic hydroxyl groups excluding tert-OH is 1. The van der Waals surface area contributed by atoms with Gasteiger partial charge in [-0.1, -0.05) is 15.9 Å². The van der Waals surface area contributed by atoms with Crippen LogP contribution in [0.3, 0.4) is 0 Å². The number of nitrogens with zero attached hydrogens (tertiary/aromatic N) is 2. The zero-order chi connectivity index (χ0) is 9.14. The van der Waals surface area contributed by atoms with Crippen LogP contribution in [-0.2, 0) is 13.6 Å². The van der Waals surface area contributed by atoms with Crippen molar-refractivity contribution < 1.29 is 5.11 Å². The summed E-state index contributed by atoms with van der Waals surface area (Å²) in [5, 5.41) is 9.71. The van der Waals surface area contributed by atoms with E-state index in [4.69, 9.17) is 0 Å². The number of aromatic nitrogens is 2. The molecule has 5 heteroatoms. The van der Waals surface area contributed by atoms with Gasteiger partial charge >= 0.3 is 5.69 Å². The van der Waals surface area contributed by atoms with Gasteiger partial charge in [0.1, 0.15) is 0 Å². The van der Waals surface area contributed by atoms with Crippen LogP contribution in [0.2, 0.25) is 0 Å². The molecule has 12 heavy (non-hydrogen) atoms. The topological polar surface area (TPSA) is 47.2 Å². The molecule has 0 saturated carbocycles. The van der Waals surface area contributed by atoms with Crippen molar-refractivity contribution >= 4 is 15.9 Å². The van der Waals surface area contributed by atoms with E-state index >= 15 is 0 Å². The van der Waals surface area contributed by atoms with Crippen LogP contribution in [0.5, 0.6) is 0 Å². The summed E-state index contributed by atoms with van der Waals surface area (Å²) in [5.41, 5.74) is -0.102. The van der Waals surface area contributed by atoms with Crippen molar-refractivity contribution in [1.29, 1.82) is 0 Å². The molecule has 0 amide bonds. The van der Waals surface area contributed by atoms with Gasteiger partial charge in [0, 0.05) is 24.8 Å². The van der Waals surface area contributed by atoms with Gasteiger partial charge < -0.3 is 9.67 Å². The first-order valence-corrected chi connectivity index (χ1v) is 4.73. The lowest BCUT2D eigenvalue weighted by molar-refractivity contribution is 0.177. The molecule has 4 nitrogen and oxygen atoms in total. The zero-order valence-corrected chi connectivity index (χ0v) is 8.36. The monoisotopic (exact) mass is 234 g/mol. The van der Waals surface area contributed by atoms with Crippen LogP contribution in [0.4, 0.5) is 0 Å². The fraction of sp³-hybridized carbons (Fsp3) is 0.571. The Hall–Kier alpha value is -0.550. The number of rotatable bonds is 3. The molecule has 0 aliphatic rings. The normalized spacial score (nSPS) is 13.2. The molecule has 1 atom stereocenters.